The number of nitrogens with zero attached hydrogens (tertiary/aromatic N) is 2. The molecule has 1 heterocycles. The predicted molar refractivity (Wildman–Crippen MR) is 138 cm³/mol. The van der Waals surface area contributed by atoms with E-state index in [1.165, 1.54) is 13.2 Å². The third kappa shape index (κ3) is 7.88. The van der Waals surface area contributed by atoms with Gasteiger partial charge in [0.15, 0.2) is 11.5 Å². The van der Waals surface area contributed by atoms with Crippen molar-refractivity contribution < 1.29 is 24.2 Å². The van der Waals surface area contributed by atoms with Crippen molar-refractivity contribution in [3.05, 3.63) is 57.6 Å². The number of nitrogens with one attached hydrogen (secondary N) is 1. The number of hydrogen-bond donors (Lipinski definition) is 2. The molecule has 0 aromatic heterocycles. The van der Waals surface area contributed by atoms with E-state index in [1.807, 2.05) is 30.3 Å². The van der Waals surface area contributed by atoms with Gasteiger partial charge in [0, 0.05) is 39.1 Å². The Kier molecular flexibility index (Phi) is 11.4. The normalized spacial score (nSPS) is 15.1. The number of amides is 1. The van der Waals surface area contributed by atoms with E-state index in [1.54, 1.807) is 0 Å². The molecule has 0 bridgehead atoms. The highest BCUT2D eigenvalue weighted by atomic mass is 35.5. The van der Waals surface area contributed by atoms with Gasteiger partial charge in [0.1, 0.15) is 17.7 Å². The van der Waals surface area contributed by atoms with E-state index in [4.69, 9.17) is 32.7 Å². The summed E-state index contributed by atoms with van der Waals surface area (Å²) in [7, 11) is 3.33. The number of hydrogen-bond acceptors (Lipinski definition) is 7. The quantitative estimate of drug-likeness (QED) is 0.467. The average molecular weight is 547 g/mol. The molecule has 35 heavy (non-hydrogen) atoms. The van der Waals surface area contributed by atoms with E-state index >= 15 is 0 Å². The molecule has 2 aromatic carbocycles. The summed E-state index contributed by atoms with van der Waals surface area (Å²) >= 11 is 12.6. The number of methoxy groups -OCH3 is 1. The van der Waals surface area contributed by atoms with Crippen LogP contribution in [0.25, 0.3) is 0 Å². The maximum absolute atomic E-state index is 12.9. The summed E-state index contributed by atoms with van der Waals surface area (Å²) in [6.07, 6.45) is 0.217. The molecule has 0 spiro atoms. The molecular weight excluding hydrogens is 517 g/mol. The van der Waals surface area contributed by atoms with Gasteiger partial charge in [-0.1, -0.05) is 53.5 Å². The maximum atomic E-state index is 12.9. The Labute approximate surface area is 221 Å². The number of ether oxygens (including phenoxy) is 2. The fraction of sp³-hybridized carbons (Fsp3) is 0.417. The Morgan fingerprint density at radius 1 is 1.14 bits per heavy atom. The van der Waals surface area contributed by atoms with Crippen molar-refractivity contribution in [1.82, 2.24) is 15.1 Å². The van der Waals surface area contributed by atoms with Crippen molar-refractivity contribution in [1.29, 1.82) is 0 Å². The van der Waals surface area contributed by atoms with Crippen molar-refractivity contribution in [2.45, 2.75) is 12.5 Å². The van der Waals surface area contributed by atoms with Gasteiger partial charge in [0.2, 0.25) is 0 Å². The van der Waals surface area contributed by atoms with E-state index in [-0.39, 0.29) is 40.2 Å². The molecule has 2 aromatic rings. The van der Waals surface area contributed by atoms with E-state index < -0.39 is 23.7 Å². The topological polar surface area (TPSA) is 91.3 Å². The summed E-state index contributed by atoms with van der Waals surface area (Å²) in [5, 5.41) is 13.1. The SMILES string of the molecule is COC(=O)[C@H](Cc1ccccc1)NC(=O)c1cc(Cl)c(OCCN2CCN(C)CC2)c(Cl)c1O.Cl. The average Bonchev–Trinajstić information content (AvgIpc) is 2.84. The first kappa shape index (κ1) is 29.0. The van der Waals surface area contributed by atoms with Crippen molar-refractivity contribution in [2.24, 2.45) is 0 Å². The minimum Gasteiger partial charge on any atom is -0.505 e. The second-order valence-electron chi connectivity index (χ2n) is 8.13. The predicted octanol–water partition coefficient (Wildman–Crippen LogP) is 3.26. The first-order valence-corrected chi connectivity index (χ1v) is 11.7. The van der Waals surface area contributed by atoms with Crippen LogP contribution >= 0.6 is 35.6 Å². The van der Waals surface area contributed by atoms with Crippen LogP contribution in [0.3, 0.4) is 0 Å². The van der Waals surface area contributed by atoms with E-state index in [9.17, 15) is 14.7 Å². The lowest BCUT2D eigenvalue weighted by atomic mass is 10.1. The number of carbonyl (C=O) groups is 2. The van der Waals surface area contributed by atoms with Crippen molar-refractivity contribution in [3.63, 3.8) is 0 Å². The summed E-state index contributed by atoms with van der Waals surface area (Å²) in [6.45, 7) is 4.87. The van der Waals surface area contributed by atoms with Gasteiger partial charge in [0.05, 0.1) is 17.7 Å². The molecule has 8 nitrogen and oxygen atoms in total. The lowest BCUT2D eigenvalue weighted by Gasteiger charge is -2.32. The van der Waals surface area contributed by atoms with Gasteiger partial charge in [0.25, 0.3) is 5.91 Å². The third-order valence-corrected chi connectivity index (χ3v) is 6.35. The second kappa shape index (κ2) is 13.8. The van der Waals surface area contributed by atoms with Gasteiger partial charge in [-0.2, -0.15) is 0 Å². The van der Waals surface area contributed by atoms with Gasteiger partial charge in [-0.3, -0.25) is 9.69 Å². The van der Waals surface area contributed by atoms with Crippen molar-refractivity contribution in [3.8, 4) is 11.5 Å². The highest BCUT2D eigenvalue weighted by Crippen LogP contribution is 2.42. The van der Waals surface area contributed by atoms with E-state index in [0.717, 1.165) is 31.7 Å². The van der Waals surface area contributed by atoms with Crippen LogP contribution in [0.2, 0.25) is 10.0 Å². The Bertz CT molecular complexity index is 1000. The summed E-state index contributed by atoms with van der Waals surface area (Å²) in [4.78, 5) is 29.7. The first-order valence-electron chi connectivity index (χ1n) is 11.0. The van der Waals surface area contributed by atoms with Gasteiger partial charge in [-0.05, 0) is 18.7 Å². The molecule has 11 heteroatoms. The van der Waals surface area contributed by atoms with Crippen LogP contribution in [0.15, 0.2) is 36.4 Å². The van der Waals surface area contributed by atoms with Crippen LogP contribution in [0, 0.1) is 0 Å². The van der Waals surface area contributed by atoms with E-state index in [2.05, 4.69) is 22.2 Å². The minimum atomic E-state index is -0.962. The van der Waals surface area contributed by atoms with E-state index in [0.29, 0.717) is 13.2 Å². The van der Waals surface area contributed by atoms with Gasteiger partial charge >= 0.3 is 5.97 Å². The van der Waals surface area contributed by atoms with Crippen LogP contribution in [0.1, 0.15) is 15.9 Å². The lowest BCUT2D eigenvalue weighted by Crippen LogP contribution is -2.45. The number of esters is 1. The molecule has 0 unspecified atom stereocenters. The zero-order valence-corrected chi connectivity index (χ0v) is 22.0. The molecule has 1 amide bonds. The highest BCUT2D eigenvalue weighted by molar-refractivity contribution is 6.39. The van der Waals surface area contributed by atoms with Crippen LogP contribution in [-0.2, 0) is 16.0 Å². The van der Waals surface area contributed by atoms with Gasteiger partial charge < -0.3 is 24.8 Å². The summed E-state index contributed by atoms with van der Waals surface area (Å²) in [5.41, 5.74) is 0.672. The molecule has 192 valence electrons. The third-order valence-electron chi connectivity index (χ3n) is 5.72. The standard InChI is InChI=1S/C24H29Cl2N3O5.ClH/c1-28-8-10-29(11-9-28)12-13-34-22-18(25)15-17(21(30)20(22)26)23(31)27-19(24(32)33-2)14-16-6-4-3-5-7-16;/h3-7,15,19,30H,8-14H2,1-2H3,(H,27,31);1H/t19-;/m0./s1. The minimum absolute atomic E-state index is 0. The van der Waals surface area contributed by atoms with Crippen molar-refractivity contribution >= 4 is 47.5 Å². The lowest BCUT2D eigenvalue weighted by molar-refractivity contribution is -0.142. The molecule has 1 fully saturated rings. The monoisotopic (exact) mass is 545 g/mol. The van der Waals surface area contributed by atoms with Gasteiger partial charge in [-0.15, -0.1) is 12.4 Å². The molecule has 1 aliphatic rings. The molecule has 1 atom stereocenters. The zero-order valence-electron chi connectivity index (χ0n) is 19.6. The summed E-state index contributed by atoms with van der Waals surface area (Å²) in [6, 6.07) is 9.50. The van der Waals surface area contributed by atoms with Crippen molar-refractivity contribution in [2.75, 3.05) is 53.5 Å². The molecule has 2 N–H and O–H groups in total. The molecule has 1 aliphatic heterocycles. The van der Waals surface area contributed by atoms with Crippen LogP contribution in [0.4, 0.5) is 0 Å². The number of aromatic hydroxyl groups is 1. The highest BCUT2D eigenvalue weighted by Gasteiger charge is 2.27. The number of piperazine rings is 1. The summed E-state index contributed by atoms with van der Waals surface area (Å²) < 4.78 is 10.6. The number of likely N-dealkylation sites (N-methyl/N-ethyl adjacent to an activating group) is 1. The fourth-order valence-electron chi connectivity index (χ4n) is 3.67. The molecule has 3 rings (SSSR count). The number of rotatable bonds is 9. The fourth-order valence-corrected chi connectivity index (χ4v) is 4.23. The largest absolute Gasteiger partial charge is 0.505 e. The Hall–Kier alpha value is -2.23. The molecule has 0 saturated carbocycles. The number of halogens is 3. The second-order valence-corrected chi connectivity index (χ2v) is 8.92. The zero-order chi connectivity index (χ0) is 24.7. The molecular formula is C24H30Cl3N3O5. The molecule has 1 saturated heterocycles. The first-order chi connectivity index (χ1) is 16.3. The van der Waals surface area contributed by atoms with Crippen LogP contribution in [-0.4, -0.2) is 86.3 Å². The van der Waals surface area contributed by atoms with Crippen LogP contribution < -0.4 is 10.1 Å². The number of carbonyl (C=O) groups excluding carboxylic acids is 2. The smallest absolute Gasteiger partial charge is 0.328 e. The Morgan fingerprint density at radius 2 is 1.80 bits per heavy atom. The maximum Gasteiger partial charge on any atom is 0.328 e. The molecule has 0 aliphatic carbocycles. The van der Waals surface area contributed by atoms with Crippen LogP contribution in [0.5, 0.6) is 11.5 Å². The number of phenolic OH excluding ortho intramolecular Hbond substituents is 1. The number of benzene rings is 2. The number of phenols is 1. The van der Waals surface area contributed by atoms with Gasteiger partial charge in [-0.25, -0.2) is 4.79 Å². The Balaban J connectivity index is 0.00000432. The molecule has 0 radical (unpaired) electrons. The summed E-state index contributed by atoms with van der Waals surface area (Å²) in [5.74, 6) is -1.68. The Morgan fingerprint density at radius 3 is 2.43 bits per heavy atom.